The van der Waals surface area contributed by atoms with Crippen molar-refractivity contribution in [2.75, 3.05) is 6.61 Å². The number of carbonyl (C=O) groups is 1. The summed E-state index contributed by atoms with van der Waals surface area (Å²) in [6, 6.07) is 6.50. The van der Waals surface area contributed by atoms with Crippen LogP contribution >= 0.6 is 11.6 Å². The minimum atomic E-state index is -0.620. The van der Waals surface area contributed by atoms with Crippen molar-refractivity contribution in [3.8, 4) is 5.75 Å². The van der Waals surface area contributed by atoms with Crippen LogP contribution in [0.1, 0.15) is 13.8 Å². The van der Waals surface area contributed by atoms with E-state index in [0.717, 1.165) is 0 Å². The van der Waals surface area contributed by atoms with E-state index < -0.39 is 6.10 Å². The van der Waals surface area contributed by atoms with Gasteiger partial charge in [-0.15, -0.1) is 0 Å². The van der Waals surface area contributed by atoms with Gasteiger partial charge in [0, 0.05) is 11.1 Å². The van der Waals surface area contributed by atoms with E-state index in [1.807, 2.05) is 0 Å². The van der Waals surface area contributed by atoms with Crippen LogP contribution in [-0.2, 0) is 4.79 Å². The van der Waals surface area contributed by atoms with Crippen molar-refractivity contribution >= 4 is 17.5 Å². The first-order valence-corrected chi connectivity index (χ1v) is 5.74. The molecule has 1 aromatic rings. The van der Waals surface area contributed by atoms with Crippen molar-refractivity contribution in [2.45, 2.75) is 26.0 Å². The Labute approximate surface area is 106 Å². The molecule has 94 valence electrons. The second-order valence-electron chi connectivity index (χ2n) is 3.81. The molecular formula is C12H16ClNO3. The molecule has 4 nitrogen and oxygen atoms in total. The topological polar surface area (TPSA) is 58.6 Å². The SMILES string of the molecule is CC(CO)NC(=O)C(C)Oc1ccc(Cl)cc1. The van der Waals surface area contributed by atoms with Crippen LogP contribution in [0.2, 0.25) is 5.02 Å². The van der Waals surface area contributed by atoms with Crippen LogP contribution in [0.3, 0.4) is 0 Å². The van der Waals surface area contributed by atoms with Crippen LogP contribution < -0.4 is 10.1 Å². The third-order valence-corrected chi connectivity index (χ3v) is 2.41. The highest BCUT2D eigenvalue weighted by Crippen LogP contribution is 2.16. The highest BCUT2D eigenvalue weighted by atomic mass is 35.5. The van der Waals surface area contributed by atoms with Gasteiger partial charge in [-0.25, -0.2) is 0 Å². The molecular weight excluding hydrogens is 242 g/mol. The molecule has 2 N–H and O–H groups in total. The quantitative estimate of drug-likeness (QED) is 0.843. The third kappa shape index (κ3) is 4.63. The Bertz CT molecular complexity index is 367. The number of hydrogen-bond acceptors (Lipinski definition) is 3. The van der Waals surface area contributed by atoms with Gasteiger partial charge in [-0.1, -0.05) is 11.6 Å². The molecule has 2 atom stereocenters. The van der Waals surface area contributed by atoms with Gasteiger partial charge in [-0.3, -0.25) is 4.79 Å². The first-order chi connectivity index (χ1) is 8.02. The standard InChI is InChI=1S/C12H16ClNO3/c1-8(7-15)14-12(16)9(2)17-11-5-3-10(13)4-6-11/h3-6,8-9,15H,7H2,1-2H3,(H,14,16). The first-order valence-electron chi connectivity index (χ1n) is 5.36. The third-order valence-electron chi connectivity index (χ3n) is 2.16. The van der Waals surface area contributed by atoms with Crippen molar-refractivity contribution in [2.24, 2.45) is 0 Å². The molecule has 5 heteroatoms. The van der Waals surface area contributed by atoms with Crippen molar-refractivity contribution in [3.63, 3.8) is 0 Å². The first kappa shape index (κ1) is 13.8. The number of hydrogen-bond donors (Lipinski definition) is 2. The molecule has 0 heterocycles. The van der Waals surface area contributed by atoms with E-state index in [0.29, 0.717) is 10.8 Å². The number of aliphatic hydroxyl groups is 1. The average molecular weight is 258 g/mol. The Hall–Kier alpha value is -1.26. The van der Waals surface area contributed by atoms with Crippen molar-refractivity contribution < 1.29 is 14.6 Å². The second-order valence-corrected chi connectivity index (χ2v) is 4.24. The number of nitrogens with one attached hydrogen (secondary N) is 1. The van der Waals surface area contributed by atoms with Crippen LogP contribution in [0.15, 0.2) is 24.3 Å². The molecule has 0 saturated heterocycles. The van der Waals surface area contributed by atoms with Gasteiger partial charge in [-0.2, -0.15) is 0 Å². The Kier molecular flexibility index (Phi) is 5.25. The van der Waals surface area contributed by atoms with Crippen molar-refractivity contribution in [3.05, 3.63) is 29.3 Å². The summed E-state index contributed by atoms with van der Waals surface area (Å²) in [7, 11) is 0. The summed E-state index contributed by atoms with van der Waals surface area (Å²) in [4.78, 5) is 11.6. The monoisotopic (exact) mass is 257 g/mol. The van der Waals surface area contributed by atoms with E-state index >= 15 is 0 Å². The molecule has 0 bridgehead atoms. The lowest BCUT2D eigenvalue weighted by atomic mass is 10.3. The fourth-order valence-electron chi connectivity index (χ4n) is 1.18. The molecule has 0 aliphatic rings. The van der Waals surface area contributed by atoms with Crippen molar-refractivity contribution in [1.29, 1.82) is 0 Å². The van der Waals surface area contributed by atoms with Gasteiger partial charge in [0.05, 0.1) is 6.61 Å². The van der Waals surface area contributed by atoms with Gasteiger partial charge in [0.15, 0.2) is 6.10 Å². The van der Waals surface area contributed by atoms with Gasteiger partial charge in [0.25, 0.3) is 5.91 Å². The minimum Gasteiger partial charge on any atom is -0.481 e. The largest absolute Gasteiger partial charge is 0.481 e. The summed E-state index contributed by atoms with van der Waals surface area (Å²) in [6.45, 7) is 3.26. The number of rotatable bonds is 5. The molecule has 0 fully saturated rings. The lowest BCUT2D eigenvalue weighted by Gasteiger charge is -2.17. The smallest absolute Gasteiger partial charge is 0.261 e. The van der Waals surface area contributed by atoms with E-state index in [4.69, 9.17) is 21.4 Å². The van der Waals surface area contributed by atoms with Gasteiger partial charge in [-0.05, 0) is 38.1 Å². The van der Waals surface area contributed by atoms with Crippen LogP contribution in [-0.4, -0.2) is 29.8 Å². The predicted molar refractivity (Wildman–Crippen MR) is 66.2 cm³/mol. The molecule has 17 heavy (non-hydrogen) atoms. The second kappa shape index (κ2) is 6.47. The van der Waals surface area contributed by atoms with E-state index in [-0.39, 0.29) is 18.6 Å². The normalized spacial score (nSPS) is 13.9. The van der Waals surface area contributed by atoms with Crippen molar-refractivity contribution in [1.82, 2.24) is 5.32 Å². The molecule has 0 spiro atoms. The van der Waals surface area contributed by atoms with Crippen LogP contribution in [0.25, 0.3) is 0 Å². The van der Waals surface area contributed by atoms with Gasteiger partial charge < -0.3 is 15.2 Å². The fraction of sp³-hybridized carbons (Fsp3) is 0.417. The van der Waals surface area contributed by atoms with E-state index in [1.54, 1.807) is 38.1 Å². The maximum Gasteiger partial charge on any atom is 0.261 e. The number of benzene rings is 1. The van der Waals surface area contributed by atoms with E-state index in [1.165, 1.54) is 0 Å². The zero-order valence-corrected chi connectivity index (χ0v) is 10.6. The van der Waals surface area contributed by atoms with Crippen LogP contribution in [0.4, 0.5) is 0 Å². The molecule has 2 unspecified atom stereocenters. The van der Waals surface area contributed by atoms with Crippen LogP contribution in [0, 0.1) is 0 Å². The van der Waals surface area contributed by atoms with E-state index in [2.05, 4.69) is 5.32 Å². The van der Waals surface area contributed by atoms with Gasteiger partial charge in [0.1, 0.15) is 5.75 Å². The lowest BCUT2D eigenvalue weighted by molar-refractivity contribution is -0.128. The summed E-state index contributed by atoms with van der Waals surface area (Å²) in [5, 5.41) is 12.1. The number of amides is 1. The van der Waals surface area contributed by atoms with Gasteiger partial charge in [0.2, 0.25) is 0 Å². The lowest BCUT2D eigenvalue weighted by Crippen LogP contribution is -2.42. The molecule has 0 aromatic heterocycles. The Balaban J connectivity index is 2.51. The maximum absolute atomic E-state index is 11.6. The number of aliphatic hydroxyl groups excluding tert-OH is 1. The molecule has 0 aliphatic heterocycles. The molecule has 0 radical (unpaired) electrons. The number of halogens is 1. The summed E-state index contributed by atoms with van der Waals surface area (Å²) >= 11 is 5.74. The molecule has 0 aliphatic carbocycles. The highest BCUT2D eigenvalue weighted by Gasteiger charge is 2.16. The summed E-state index contributed by atoms with van der Waals surface area (Å²) < 4.78 is 5.42. The molecule has 1 aromatic carbocycles. The minimum absolute atomic E-state index is 0.0978. The Morgan fingerprint density at radius 3 is 2.53 bits per heavy atom. The molecule has 1 rings (SSSR count). The molecule has 0 saturated carbocycles. The number of carbonyl (C=O) groups excluding carboxylic acids is 1. The Morgan fingerprint density at radius 1 is 1.41 bits per heavy atom. The zero-order valence-electron chi connectivity index (χ0n) is 9.81. The highest BCUT2D eigenvalue weighted by molar-refractivity contribution is 6.30. The van der Waals surface area contributed by atoms with Crippen LogP contribution in [0.5, 0.6) is 5.75 Å². The Morgan fingerprint density at radius 2 is 2.00 bits per heavy atom. The molecule has 1 amide bonds. The maximum atomic E-state index is 11.6. The summed E-state index contributed by atoms with van der Waals surface area (Å²) in [6.07, 6.45) is -0.620. The predicted octanol–water partition coefficient (Wildman–Crippen LogP) is 1.60. The van der Waals surface area contributed by atoms with E-state index in [9.17, 15) is 4.79 Å². The zero-order chi connectivity index (χ0) is 12.8. The van der Waals surface area contributed by atoms with Gasteiger partial charge >= 0.3 is 0 Å². The summed E-state index contributed by atoms with van der Waals surface area (Å²) in [5.74, 6) is 0.315. The number of ether oxygens (including phenoxy) is 1. The average Bonchev–Trinajstić information content (AvgIpc) is 2.31. The fourth-order valence-corrected chi connectivity index (χ4v) is 1.30. The summed E-state index contributed by atoms with van der Waals surface area (Å²) in [5.41, 5.74) is 0.